The summed E-state index contributed by atoms with van der Waals surface area (Å²) >= 11 is 1.65. The summed E-state index contributed by atoms with van der Waals surface area (Å²) in [7, 11) is 0. The number of hydrogen-bond acceptors (Lipinski definition) is 3. The second-order valence-electron chi connectivity index (χ2n) is 3.15. The van der Waals surface area contributed by atoms with Crippen molar-refractivity contribution in [3.8, 4) is 0 Å². The van der Waals surface area contributed by atoms with E-state index in [0.717, 1.165) is 0 Å². The van der Waals surface area contributed by atoms with Gasteiger partial charge in [-0.2, -0.15) is 0 Å². The highest BCUT2D eigenvalue weighted by Gasteiger charge is 2.25. The van der Waals surface area contributed by atoms with Crippen LogP contribution in [-0.4, -0.2) is 15.9 Å². The van der Waals surface area contributed by atoms with Gasteiger partial charge in [0.15, 0.2) is 5.78 Å². The van der Waals surface area contributed by atoms with Crippen LogP contribution in [0.25, 0.3) is 0 Å². The van der Waals surface area contributed by atoms with E-state index in [1.807, 2.05) is 6.92 Å². The number of rotatable bonds is 0. The summed E-state index contributed by atoms with van der Waals surface area (Å²) in [5.41, 5.74) is 0. The zero-order valence-electron chi connectivity index (χ0n) is 7.05. The van der Waals surface area contributed by atoms with Gasteiger partial charge in [-0.3, -0.25) is 4.79 Å². The lowest BCUT2D eigenvalue weighted by molar-refractivity contribution is -0.113. The average molecular weight is 171 g/mol. The Kier molecular flexibility index (Phi) is 2.28. The van der Waals surface area contributed by atoms with E-state index in [1.165, 1.54) is 0 Å². The van der Waals surface area contributed by atoms with E-state index < -0.39 is 0 Å². The summed E-state index contributed by atoms with van der Waals surface area (Å²) in [4.78, 5) is 11.1. The number of hydrogen-bond donors (Lipinski definition) is 1. The molecule has 1 aliphatic rings. The van der Waals surface area contributed by atoms with E-state index in [2.05, 4.69) is 19.2 Å². The normalized spacial score (nSPS) is 29.4. The number of allylic oxidation sites excluding steroid dienone is 1. The maximum Gasteiger partial charge on any atom is 0.169 e. The zero-order valence-corrected chi connectivity index (χ0v) is 7.87. The minimum atomic E-state index is -0.0257. The first-order valence-corrected chi connectivity index (χ1v) is 4.55. The summed E-state index contributed by atoms with van der Waals surface area (Å²) in [5.74, 6) is 0.188. The zero-order chi connectivity index (χ0) is 8.48. The van der Waals surface area contributed by atoms with Gasteiger partial charge in [-0.05, 0) is 26.8 Å². The third-order valence-corrected chi connectivity index (χ3v) is 2.84. The van der Waals surface area contributed by atoms with Crippen molar-refractivity contribution < 1.29 is 4.79 Å². The fourth-order valence-electron chi connectivity index (χ4n) is 0.994. The van der Waals surface area contributed by atoms with Crippen LogP contribution in [0, 0.1) is 0 Å². The number of thioether (sulfide) groups is 1. The molecule has 0 spiro atoms. The largest absolute Gasteiger partial charge is 0.377 e. The highest BCUT2D eigenvalue weighted by Crippen LogP contribution is 2.28. The molecule has 11 heavy (non-hydrogen) atoms. The molecule has 1 heterocycles. The molecule has 0 saturated carbocycles. The molecule has 2 nitrogen and oxygen atoms in total. The average Bonchev–Trinajstić information content (AvgIpc) is 1.93. The van der Waals surface area contributed by atoms with Gasteiger partial charge in [0.25, 0.3) is 0 Å². The van der Waals surface area contributed by atoms with Gasteiger partial charge >= 0.3 is 0 Å². The van der Waals surface area contributed by atoms with Gasteiger partial charge in [0.2, 0.25) is 0 Å². The van der Waals surface area contributed by atoms with E-state index in [4.69, 9.17) is 0 Å². The minimum Gasteiger partial charge on any atom is -0.377 e. The highest BCUT2D eigenvalue weighted by atomic mass is 32.2. The van der Waals surface area contributed by atoms with Gasteiger partial charge in [-0.25, -0.2) is 0 Å². The van der Waals surface area contributed by atoms with E-state index >= 15 is 0 Å². The SMILES string of the molecule is CC1SC(C)(C)NC=CC1=O. The van der Waals surface area contributed by atoms with Crippen LogP contribution in [0.15, 0.2) is 12.3 Å². The highest BCUT2D eigenvalue weighted by molar-refractivity contribution is 8.01. The first-order valence-electron chi connectivity index (χ1n) is 3.67. The molecular weight excluding hydrogens is 158 g/mol. The second kappa shape index (κ2) is 2.89. The van der Waals surface area contributed by atoms with Crippen LogP contribution in [0.4, 0.5) is 0 Å². The lowest BCUT2D eigenvalue weighted by Crippen LogP contribution is -2.32. The number of carbonyl (C=O) groups is 1. The van der Waals surface area contributed by atoms with Crippen molar-refractivity contribution in [3.05, 3.63) is 12.3 Å². The Morgan fingerprint density at radius 3 is 2.91 bits per heavy atom. The molecule has 62 valence electrons. The molecular formula is C8H13NOS. The van der Waals surface area contributed by atoms with Crippen molar-refractivity contribution in [2.75, 3.05) is 0 Å². The molecule has 0 radical (unpaired) electrons. The van der Waals surface area contributed by atoms with Gasteiger partial charge in [0.1, 0.15) is 0 Å². The Bertz CT molecular complexity index is 198. The fourth-order valence-corrected chi connectivity index (χ4v) is 2.21. The van der Waals surface area contributed by atoms with Crippen molar-refractivity contribution in [1.82, 2.24) is 5.32 Å². The van der Waals surface area contributed by atoms with Crippen molar-refractivity contribution in [2.45, 2.75) is 30.9 Å². The van der Waals surface area contributed by atoms with Gasteiger partial charge in [0, 0.05) is 6.20 Å². The fraction of sp³-hybridized carbons (Fsp3) is 0.625. The summed E-state index contributed by atoms with van der Waals surface area (Å²) in [6, 6.07) is 0. The first-order chi connectivity index (χ1) is 5.01. The lowest BCUT2D eigenvalue weighted by Gasteiger charge is -2.24. The van der Waals surface area contributed by atoms with E-state index in [1.54, 1.807) is 24.0 Å². The molecule has 0 bridgehead atoms. The maximum absolute atomic E-state index is 11.2. The van der Waals surface area contributed by atoms with Crippen molar-refractivity contribution in [3.63, 3.8) is 0 Å². The number of carbonyl (C=O) groups excluding carboxylic acids is 1. The molecule has 3 heteroatoms. The molecule has 0 aliphatic carbocycles. The van der Waals surface area contributed by atoms with Crippen LogP contribution in [-0.2, 0) is 4.79 Å². The predicted molar refractivity (Wildman–Crippen MR) is 48.4 cm³/mol. The lowest BCUT2D eigenvalue weighted by atomic mass is 10.3. The molecule has 0 fully saturated rings. The molecule has 0 aromatic rings. The van der Waals surface area contributed by atoms with E-state index in [9.17, 15) is 4.79 Å². The van der Waals surface area contributed by atoms with Crippen LogP contribution in [0.2, 0.25) is 0 Å². The van der Waals surface area contributed by atoms with E-state index in [0.29, 0.717) is 0 Å². The Morgan fingerprint density at radius 1 is 1.64 bits per heavy atom. The third kappa shape index (κ3) is 2.26. The Morgan fingerprint density at radius 2 is 2.27 bits per heavy atom. The van der Waals surface area contributed by atoms with Crippen LogP contribution in [0.1, 0.15) is 20.8 Å². The topological polar surface area (TPSA) is 29.1 Å². The van der Waals surface area contributed by atoms with Crippen molar-refractivity contribution in [1.29, 1.82) is 0 Å². The Hall–Kier alpha value is -0.440. The van der Waals surface area contributed by atoms with Crippen LogP contribution >= 0.6 is 11.8 Å². The molecule has 0 aromatic carbocycles. The number of ketones is 1. The summed E-state index contributed by atoms with van der Waals surface area (Å²) in [5, 5.41) is 3.21. The summed E-state index contributed by atoms with van der Waals surface area (Å²) < 4.78 is 0. The number of nitrogens with one attached hydrogen (secondary N) is 1. The molecule has 1 aliphatic heterocycles. The molecule has 0 saturated heterocycles. The molecule has 0 aromatic heterocycles. The monoisotopic (exact) mass is 171 g/mol. The van der Waals surface area contributed by atoms with Crippen LogP contribution in [0.3, 0.4) is 0 Å². The van der Waals surface area contributed by atoms with Gasteiger partial charge in [-0.15, -0.1) is 11.8 Å². The molecule has 1 rings (SSSR count). The quantitative estimate of drug-likeness (QED) is 0.599. The predicted octanol–water partition coefficient (Wildman–Crippen LogP) is 1.53. The third-order valence-electron chi connectivity index (χ3n) is 1.55. The van der Waals surface area contributed by atoms with Crippen LogP contribution < -0.4 is 5.32 Å². The smallest absolute Gasteiger partial charge is 0.169 e. The Balaban J connectivity index is 2.74. The molecule has 1 atom stereocenters. The first kappa shape index (κ1) is 8.65. The van der Waals surface area contributed by atoms with Gasteiger partial charge in [0.05, 0.1) is 10.1 Å². The molecule has 0 amide bonds. The molecule has 1 unspecified atom stereocenters. The summed E-state index contributed by atoms with van der Waals surface area (Å²) in [6.07, 6.45) is 3.34. The maximum atomic E-state index is 11.2. The van der Waals surface area contributed by atoms with E-state index in [-0.39, 0.29) is 15.9 Å². The summed E-state index contributed by atoms with van der Waals surface area (Å²) in [6.45, 7) is 6.07. The van der Waals surface area contributed by atoms with Crippen LogP contribution in [0.5, 0.6) is 0 Å². The van der Waals surface area contributed by atoms with Crippen molar-refractivity contribution in [2.24, 2.45) is 0 Å². The standard InChI is InChI=1S/C8H13NOS/c1-6-7(10)4-5-9-8(2,3)11-6/h4-6,9H,1-3H3. The molecule has 1 N–H and O–H groups in total. The van der Waals surface area contributed by atoms with Gasteiger partial charge < -0.3 is 5.32 Å². The minimum absolute atomic E-state index is 0.0257. The van der Waals surface area contributed by atoms with Crippen molar-refractivity contribution >= 4 is 17.5 Å². The second-order valence-corrected chi connectivity index (χ2v) is 5.11. The van der Waals surface area contributed by atoms with Gasteiger partial charge in [-0.1, -0.05) is 0 Å². The Labute approximate surface area is 71.4 Å².